The first-order chi connectivity index (χ1) is 10.5. The van der Waals surface area contributed by atoms with Crippen molar-refractivity contribution >= 4 is 11.7 Å². The normalized spacial score (nSPS) is 11.5. The van der Waals surface area contributed by atoms with Gasteiger partial charge in [0.05, 0.1) is 11.8 Å². The van der Waals surface area contributed by atoms with Crippen LogP contribution in [-0.2, 0) is 4.79 Å². The van der Waals surface area contributed by atoms with Crippen molar-refractivity contribution in [1.82, 2.24) is 15.1 Å². The second-order valence-corrected chi connectivity index (χ2v) is 4.96. The quantitative estimate of drug-likeness (QED) is 0.685. The van der Waals surface area contributed by atoms with Crippen molar-refractivity contribution in [2.45, 2.75) is 13.8 Å². The maximum Gasteiger partial charge on any atom is 0.245 e. The Morgan fingerprint density at radius 1 is 1.27 bits per heavy atom. The average Bonchev–Trinajstić information content (AvgIpc) is 2.90. The first kappa shape index (κ1) is 15.4. The zero-order chi connectivity index (χ0) is 16.3. The molecular formula is C16H16N4O2. The van der Waals surface area contributed by atoms with Gasteiger partial charge in [-0.25, -0.2) is 4.68 Å². The lowest BCUT2D eigenvalue weighted by molar-refractivity contribution is -0.121. The summed E-state index contributed by atoms with van der Waals surface area (Å²) in [5.74, 6) is -2.61. The fourth-order valence-corrected chi connectivity index (χ4v) is 2.07. The van der Waals surface area contributed by atoms with Gasteiger partial charge in [-0.1, -0.05) is 17.7 Å². The van der Waals surface area contributed by atoms with Gasteiger partial charge in [0.2, 0.25) is 11.7 Å². The van der Waals surface area contributed by atoms with Crippen LogP contribution in [0.4, 0.5) is 0 Å². The molecule has 1 amide bonds. The average molecular weight is 296 g/mol. The molecule has 0 bridgehead atoms. The zero-order valence-corrected chi connectivity index (χ0v) is 12.6. The lowest BCUT2D eigenvalue weighted by Gasteiger charge is -2.05. The van der Waals surface area contributed by atoms with E-state index >= 15 is 0 Å². The molecule has 2 rings (SSSR count). The predicted octanol–water partition coefficient (Wildman–Crippen LogP) is 1.56. The molecule has 0 aliphatic rings. The Morgan fingerprint density at radius 2 is 1.91 bits per heavy atom. The maximum atomic E-state index is 12.3. The van der Waals surface area contributed by atoms with Crippen LogP contribution in [0.25, 0.3) is 5.69 Å². The SMILES string of the molecule is CNC(=O)C(C#N)C(=O)c1cc(C)n(-c2ccc(C)cc2)n1. The van der Waals surface area contributed by atoms with E-state index in [2.05, 4.69) is 10.4 Å². The van der Waals surface area contributed by atoms with E-state index < -0.39 is 17.6 Å². The van der Waals surface area contributed by atoms with Gasteiger partial charge in [-0.05, 0) is 32.0 Å². The molecule has 0 aliphatic carbocycles. The van der Waals surface area contributed by atoms with Gasteiger partial charge in [0, 0.05) is 12.7 Å². The van der Waals surface area contributed by atoms with Crippen LogP contribution in [0.3, 0.4) is 0 Å². The fourth-order valence-electron chi connectivity index (χ4n) is 2.07. The van der Waals surface area contributed by atoms with E-state index in [0.717, 1.165) is 16.9 Å². The molecule has 1 heterocycles. The molecule has 0 saturated carbocycles. The Balaban J connectivity index is 2.37. The summed E-state index contributed by atoms with van der Waals surface area (Å²) in [5, 5.41) is 15.6. The number of nitriles is 1. The number of Topliss-reactive ketones (excluding diaryl/α,β-unsaturated/α-hetero) is 1. The Morgan fingerprint density at radius 3 is 2.45 bits per heavy atom. The van der Waals surface area contributed by atoms with E-state index in [1.165, 1.54) is 7.05 Å². The second-order valence-electron chi connectivity index (χ2n) is 4.96. The van der Waals surface area contributed by atoms with Crippen LogP contribution >= 0.6 is 0 Å². The molecule has 1 aromatic carbocycles. The van der Waals surface area contributed by atoms with Gasteiger partial charge in [-0.2, -0.15) is 10.4 Å². The van der Waals surface area contributed by atoms with Crippen molar-refractivity contribution in [2.75, 3.05) is 7.05 Å². The smallest absolute Gasteiger partial charge is 0.245 e. The number of hydrogen-bond donors (Lipinski definition) is 1. The van der Waals surface area contributed by atoms with Crippen LogP contribution < -0.4 is 5.32 Å². The van der Waals surface area contributed by atoms with E-state index in [1.54, 1.807) is 16.8 Å². The number of rotatable bonds is 4. The molecule has 0 fully saturated rings. The molecule has 0 aliphatic heterocycles. The van der Waals surface area contributed by atoms with Gasteiger partial charge in [0.1, 0.15) is 5.69 Å². The van der Waals surface area contributed by atoms with Crippen molar-refractivity contribution in [3.8, 4) is 11.8 Å². The monoisotopic (exact) mass is 296 g/mol. The molecule has 6 nitrogen and oxygen atoms in total. The number of aryl methyl sites for hydroxylation is 2. The molecule has 1 N–H and O–H groups in total. The number of amides is 1. The van der Waals surface area contributed by atoms with E-state index in [4.69, 9.17) is 5.26 Å². The van der Waals surface area contributed by atoms with E-state index in [-0.39, 0.29) is 5.69 Å². The largest absolute Gasteiger partial charge is 0.358 e. The number of carbonyl (C=O) groups is 2. The molecule has 2 aromatic rings. The summed E-state index contributed by atoms with van der Waals surface area (Å²) >= 11 is 0. The summed E-state index contributed by atoms with van der Waals surface area (Å²) in [7, 11) is 1.39. The van der Waals surface area contributed by atoms with Crippen LogP contribution in [0.15, 0.2) is 30.3 Å². The van der Waals surface area contributed by atoms with Gasteiger partial charge in [-0.15, -0.1) is 0 Å². The van der Waals surface area contributed by atoms with Crippen molar-refractivity contribution < 1.29 is 9.59 Å². The fraction of sp³-hybridized carbons (Fsp3) is 0.250. The Hall–Kier alpha value is -2.94. The molecule has 1 aromatic heterocycles. The summed E-state index contributed by atoms with van der Waals surface area (Å²) in [5.41, 5.74) is 2.79. The number of carbonyl (C=O) groups excluding carboxylic acids is 2. The van der Waals surface area contributed by atoms with Crippen molar-refractivity contribution in [2.24, 2.45) is 5.92 Å². The number of hydrogen-bond acceptors (Lipinski definition) is 4. The molecule has 0 radical (unpaired) electrons. The highest BCUT2D eigenvalue weighted by molar-refractivity contribution is 6.11. The molecule has 0 spiro atoms. The molecule has 112 valence electrons. The molecule has 6 heteroatoms. The third kappa shape index (κ3) is 2.88. The lowest BCUT2D eigenvalue weighted by atomic mass is 10.0. The second kappa shape index (κ2) is 6.22. The number of nitrogens with zero attached hydrogens (tertiary/aromatic N) is 3. The molecular weight excluding hydrogens is 280 g/mol. The molecule has 22 heavy (non-hydrogen) atoms. The first-order valence-corrected chi connectivity index (χ1v) is 6.77. The highest BCUT2D eigenvalue weighted by Crippen LogP contribution is 2.15. The van der Waals surface area contributed by atoms with Crippen molar-refractivity contribution in [3.63, 3.8) is 0 Å². The highest BCUT2D eigenvalue weighted by Gasteiger charge is 2.29. The summed E-state index contributed by atoms with van der Waals surface area (Å²) < 4.78 is 1.62. The van der Waals surface area contributed by atoms with Gasteiger partial charge < -0.3 is 5.32 Å². The number of benzene rings is 1. The van der Waals surface area contributed by atoms with E-state index in [1.807, 2.05) is 38.1 Å². The highest BCUT2D eigenvalue weighted by atomic mass is 16.2. The number of nitrogens with one attached hydrogen (secondary N) is 1. The number of ketones is 1. The summed E-state index contributed by atoms with van der Waals surface area (Å²) in [6.07, 6.45) is 0. The van der Waals surface area contributed by atoms with E-state index in [9.17, 15) is 9.59 Å². The van der Waals surface area contributed by atoms with Gasteiger partial charge in [-0.3, -0.25) is 9.59 Å². The third-order valence-corrected chi connectivity index (χ3v) is 3.32. The van der Waals surface area contributed by atoms with Crippen LogP contribution in [0.1, 0.15) is 21.7 Å². The van der Waals surface area contributed by atoms with Crippen LogP contribution in [-0.4, -0.2) is 28.5 Å². The minimum absolute atomic E-state index is 0.105. The molecule has 0 saturated heterocycles. The minimum atomic E-state index is -1.38. The predicted molar refractivity (Wildman–Crippen MR) is 80.5 cm³/mol. The van der Waals surface area contributed by atoms with Gasteiger partial charge >= 0.3 is 0 Å². The molecule has 1 unspecified atom stereocenters. The Kier molecular flexibility index (Phi) is 4.37. The third-order valence-electron chi connectivity index (χ3n) is 3.32. The van der Waals surface area contributed by atoms with E-state index in [0.29, 0.717) is 0 Å². The Labute approximate surface area is 128 Å². The maximum absolute atomic E-state index is 12.3. The lowest BCUT2D eigenvalue weighted by Crippen LogP contribution is -2.32. The van der Waals surface area contributed by atoms with Crippen LogP contribution in [0, 0.1) is 31.1 Å². The topological polar surface area (TPSA) is 87.8 Å². The zero-order valence-electron chi connectivity index (χ0n) is 12.6. The van der Waals surface area contributed by atoms with Gasteiger partial charge in [0.25, 0.3) is 0 Å². The standard InChI is InChI=1S/C16H16N4O2/c1-10-4-6-12(7-5-10)20-11(2)8-14(19-20)15(21)13(9-17)16(22)18-3/h4-8,13H,1-3H3,(H,18,22). The Bertz CT molecular complexity index is 753. The summed E-state index contributed by atoms with van der Waals surface area (Å²) in [6.45, 7) is 3.79. The van der Waals surface area contributed by atoms with Crippen LogP contribution in [0.2, 0.25) is 0 Å². The minimum Gasteiger partial charge on any atom is -0.358 e. The van der Waals surface area contributed by atoms with Crippen molar-refractivity contribution in [3.05, 3.63) is 47.3 Å². The summed E-state index contributed by atoms with van der Waals surface area (Å²) in [6, 6.07) is 11.0. The first-order valence-electron chi connectivity index (χ1n) is 6.77. The number of aromatic nitrogens is 2. The van der Waals surface area contributed by atoms with Gasteiger partial charge in [0.15, 0.2) is 5.92 Å². The summed E-state index contributed by atoms with van der Waals surface area (Å²) in [4.78, 5) is 23.8. The van der Waals surface area contributed by atoms with Crippen LogP contribution in [0.5, 0.6) is 0 Å². The molecule has 1 atom stereocenters. The van der Waals surface area contributed by atoms with Crippen molar-refractivity contribution in [1.29, 1.82) is 5.26 Å².